The summed E-state index contributed by atoms with van der Waals surface area (Å²) >= 11 is 0. The van der Waals surface area contributed by atoms with Crippen molar-refractivity contribution in [3.8, 4) is 5.75 Å². The molecule has 0 aliphatic carbocycles. The van der Waals surface area contributed by atoms with E-state index in [9.17, 15) is 4.79 Å². The first-order valence-electron chi connectivity index (χ1n) is 8.56. The SMILES string of the molecule is CCCCN(C)COc1ccc(C(=O)N2CCC(N)CC2)cc1. The predicted octanol–water partition coefficient (Wildman–Crippen LogP) is 2.32. The number of nitrogens with zero attached hydrogens (tertiary/aromatic N) is 2. The van der Waals surface area contributed by atoms with Gasteiger partial charge in [0.15, 0.2) is 0 Å². The Bertz CT molecular complexity index is 482. The molecular weight excluding hydrogens is 290 g/mol. The van der Waals surface area contributed by atoms with Crippen LogP contribution >= 0.6 is 0 Å². The number of hydrogen-bond acceptors (Lipinski definition) is 4. The van der Waals surface area contributed by atoms with Crippen molar-refractivity contribution in [1.29, 1.82) is 0 Å². The van der Waals surface area contributed by atoms with Crippen LogP contribution in [0.15, 0.2) is 24.3 Å². The molecule has 1 saturated heterocycles. The normalized spacial score (nSPS) is 15.9. The third-order valence-corrected chi connectivity index (χ3v) is 4.27. The molecule has 5 nitrogen and oxygen atoms in total. The summed E-state index contributed by atoms with van der Waals surface area (Å²) in [6.45, 7) is 5.28. The molecule has 2 N–H and O–H groups in total. The number of benzene rings is 1. The van der Waals surface area contributed by atoms with Crippen LogP contribution in [0.3, 0.4) is 0 Å². The zero-order valence-corrected chi connectivity index (χ0v) is 14.3. The highest BCUT2D eigenvalue weighted by Gasteiger charge is 2.21. The average Bonchev–Trinajstić information content (AvgIpc) is 2.58. The number of carbonyl (C=O) groups excluding carboxylic acids is 1. The van der Waals surface area contributed by atoms with Gasteiger partial charge in [0.25, 0.3) is 5.91 Å². The van der Waals surface area contributed by atoms with Crippen LogP contribution in [0.1, 0.15) is 43.0 Å². The van der Waals surface area contributed by atoms with Crippen molar-refractivity contribution in [3.63, 3.8) is 0 Å². The summed E-state index contributed by atoms with van der Waals surface area (Å²) in [7, 11) is 2.05. The van der Waals surface area contributed by atoms with Gasteiger partial charge < -0.3 is 15.4 Å². The largest absolute Gasteiger partial charge is 0.478 e. The first-order chi connectivity index (χ1) is 11.1. The summed E-state index contributed by atoms with van der Waals surface area (Å²) in [5, 5.41) is 0. The molecule has 1 aliphatic heterocycles. The highest BCUT2D eigenvalue weighted by atomic mass is 16.5. The van der Waals surface area contributed by atoms with Gasteiger partial charge in [0.1, 0.15) is 12.5 Å². The van der Waals surface area contributed by atoms with Gasteiger partial charge >= 0.3 is 0 Å². The molecule has 1 fully saturated rings. The van der Waals surface area contributed by atoms with Gasteiger partial charge in [0, 0.05) is 31.2 Å². The lowest BCUT2D eigenvalue weighted by Gasteiger charge is -2.30. The summed E-state index contributed by atoms with van der Waals surface area (Å²) in [6.07, 6.45) is 4.13. The third-order valence-electron chi connectivity index (χ3n) is 4.27. The molecule has 0 spiro atoms. The lowest BCUT2D eigenvalue weighted by molar-refractivity contribution is 0.0714. The molecule has 0 radical (unpaired) electrons. The Hall–Kier alpha value is -1.59. The molecule has 1 aromatic carbocycles. The summed E-state index contributed by atoms with van der Waals surface area (Å²) < 4.78 is 5.74. The molecule has 0 saturated carbocycles. The minimum atomic E-state index is 0.0866. The molecule has 1 aromatic rings. The minimum absolute atomic E-state index is 0.0866. The van der Waals surface area contributed by atoms with Crippen molar-refractivity contribution >= 4 is 5.91 Å². The van der Waals surface area contributed by atoms with Gasteiger partial charge in [-0.1, -0.05) is 13.3 Å². The number of amides is 1. The minimum Gasteiger partial charge on any atom is -0.478 e. The number of likely N-dealkylation sites (tertiary alicyclic amines) is 1. The van der Waals surface area contributed by atoms with Gasteiger partial charge in [0.2, 0.25) is 0 Å². The van der Waals surface area contributed by atoms with E-state index in [4.69, 9.17) is 10.5 Å². The zero-order chi connectivity index (χ0) is 16.7. The molecule has 0 atom stereocenters. The summed E-state index contributed by atoms with van der Waals surface area (Å²) in [6, 6.07) is 7.67. The van der Waals surface area contributed by atoms with Crippen molar-refractivity contribution in [1.82, 2.24) is 9.80 Å². The van der Waals surface area contributed by atoms with Crippen LogP contribution in [0, 0.1) is 0 Å². The van der Waals surface area contributed by atoms with Gasteiger partial charge in [-0.05, 0) is 50.6 Å². The van der Waals surface area contributed by atoms with Crippen molar-refractivity contribution in [2.45, 2.75) is 38.6 Å². The molecule has 5 heteroatoms. The maximum absolute atomic E-state index is 12.4. The fourth-order valence-corrected chi connectivity index (χ4v) is 2.66. The number of ether oxygens (including phenoxy) is 1. The summed E-state index contributed by atoms with van der Waals surface area (Å²) in [5.41, 5.74) is 6.60. The van der Waals surface area contributed by atoms with Crippen LogP contribution in [-0.4, -0.2) is 55.2 Å². The van der Waals surface area contributed by atoms with Crippen LogP contribution in [0.4, 0.5) is 0 Å². The van der Waals surface area contributed by atoms with Gasteiger partial charge in [-0.25, -0.2) is 0 Å². The number of piperidine rings is 1. The van der Waals surface area contributed by atoms with Crippen molar-refractivity contribution in [2.24, 2.45) is 5.73 Å². The van der Waals surface area contributed by atoms with Crippen molar-refractivity contribution in [2.75, 3.05) is 33.4 Å². The van der Waals surface area contributed by atoms with E-state index in [1.165, 1.54) is 12.8 Å². The molecule has 0 unspecified atom stereocenters. The summed E-state index contributed by atoms with van der Waals surface area (Å²) in [5.74, 6) is 0.883. The first kappa shape index (κ1) is 17.8. The zero-order valence-electron chi connectivity index (χ0n) is 14.3. The molecule has 0 bridgehead atoms. The van der Waals surface area contributed by atoms with Gasteiger partial charge in [-0.15, -0.1) is 0 Å². The van der Waals surface area contributed by atoms with Crippen molar-refractivity contribution in [3.05, 3.63) is 29.8 Å². The fraction of sp³-hybridized carbons (Fsp3) is 0.611. The number of hydrogen-bond donors (Lipinski definition) is 1. The highest BCUT2D eigenvalue weighted by Crippen LogP contribution is 2.16. The molecule has 1 aliphatic rings. The van der Waals surface area contributed by atoms with Crippen LogP contribution in [0.2, 0.25) is 0 Å². The molecule has 23 heavy (non-hydrogen) atoms. The second kappa shape index (κ2) is 8.89. The smallest absolute Gasteiger partial charge is 0.253 e. The Morgan fingerprint density at radius 1 is 1.30 bits per heavy atom. The van der Waals surface area contributed by atoms with Crippen LogP contribution in [0.5, 0.6) is 5.75 Å². The lowest BCUT2D eigenvalue weighted by atomic mass is 10.0. The van der Waals surface area contributed by atoms with E-state index in [1.807, 2.05) is 29.2 Å². The van der Waals surface area contributed by atoms with Gasteiger partial charge in [-0.2, -0.15) is 0 Å². The van der Waals surface area contributed by atoms with Crippen LogP contribution in [0.25, 0.3) is 0 Å². The van der Waals surface area contributed by atoms with Gasteiger partial charge in [-0.3, -0.25) is 9.69 Å². The molecule has 0 aromatic heterocycles. The molecule has 128 valence electrons. The molecular formula is C18H29N3O2. The van der Waals surface area contributed by atoms with E-state index < -0.39 is 0 Å². The number of nitrogens with two attached hydrogens (primary N) is 1. The second-order valence-corrected chi connectivity index (χ2v) is 6.36. The molecule has 1 heterocycles. The first-order valence-corrected chi connectivity index (χ1v) is 8.56. The Kier molecular flexibility index (Phi) is 6.86. The van der Waals surface area contributed by atoms with Crippen LogP contribution in [-0.2, 0) is 0 Å². The van der Waals surface area contributed by atoms with E-state index in [-0.39, 0.29) is 11.9 Å². The fourth-order valence-electron chi connectivity index (χ4n) is 2.66. The van der Waals surface area contributed by atoms with E-state index >= 15 is 0 Å². The lowest BCUT2D eigenvalue weighted by Crippen LogP contribution is -2.42. The Balaban J connectivity index is 1.83. The summed E-state index contributed by atoms with van der Waals surface area (Å²) in [4.78, 5) is 16.5. The Morgan fingerprint density at radius 2 is 1.96 bits per heavy atom. The topological polar surface area (TPSA) is 58.8 Å². The monoisotopic (exact) mass is 319 g/mol. The van der Waals surface area contributed by atoms with Gasteiger partial charge in [0.05, 0.1) is 0 Å². The van der Waals surface area contributed by atoms with E-state index in [1.54, 1.807) is 0 Å². The number of carbonyl (C=O) groups is 1. The Labute approximate surface area is 139 Å². The molecule has 2 rings (SSSR count). The second-order valence-electron chi connectivity index (χ2n) is 6.36. The quantitative estimate of drug-likeness (QED) is 0.784. The number of rotatable bonds is 7. The van der Waals surface area contributed by atoms with E-state index in [0.717, 1.165) is 38.2 Å². The highest BCUT2D eigenvalue weighted by molar-refractivity contribution is 5.94. The number of unbranched alkanes of at least 4 members (excludes halogenated alkanes) is 1. The average molecular weight is 319 g/mol. The van der Waals surface area contributed by atoms with E-state index in [2.05, 4.69) is 18.9 Å². The maximum Gasteiger partial charge on any atom is 0.253 e. The predicted molar refractivity (Wildman–Crippen MR) is 92.6 cm³/mol. The standard InChI is InChI=1S/C18H29N3O2/c1-3-4-11-20(2)14-23-17-7-5-15(6-8-17)18(22)21-12-9-16(19)10-13-21/h5-8,16H,3-4,9-14,19H2,1-2H3. The van der Waals surface area contributed by atoms with E-state index in [0.29, 0.717) is 12.3 Å². The molecule has 1 amide bonds. The maximum atomic E-state index is 12.4. The van der Waals surface area contributed by atoms with Crippen molar-refractivity contribution < 1.29 is 9.53 Å². The Morgan fingerprint density at radius 3 is 2.57 bits per heavy atom. The van der Waals surface area contributed by atoms with Crippen LogP contribution < -0.4 is 10.5 Å². The third kappa shape index (κ3) is 5.52.